The number of hydrogen-bond donors (Lipinski definition) is 2. The summed E-state index contributed by atoms with van der Waals surface area (Å²) in [6, 6.07) is 1.05. The van der Waals surface area contributed by atoms with E-state index in [0.29, 0.717) is 18.9 Å². The molecular weight excluding hydrogens is 335 g/mol. The summed E-state index contributed by atoms with van der Waals surface area (Å²) in [6.45, 7) is 0. The fourth-order valence-corrected chi connectivity index (χ4v) is 3.09. The Hall–Kier alpha value is -2.35. The molecule has 5 nitrogen and oxygen atoms in total. The van der Waals surface area contributed by atoms with Crippen molar-refractivity contribution in [3.63, 3.8) is 0 Å². The molecule has 1 aromatic heterocycles. The first-order valence-corrected chi connectivity index (χ1v) is 7.93. The second kappa shape index (κ2) is 6.87. The summed E-state index contributed by atoms with van der Waals surface area (Å²) in [5, 5.41) is 16.3. The molecule has 1 atom stereocenters. The molecule has 8 heteroatoms. The average Bonchev–Trinajstić information content (AvgIpc) is 2.96. The number of aliphatic hydroxyl groups excluding tert-OH is 1. The molecule has 134 valence electrons. The van der Waals surface area contributed by atoms with E-state index in [0.717, 1.165) is 11.6 Å². The number of aromatic nitrogens is 2. The molecule has 1 aromatic carbocycles. The van der Waals surface area contributed by atoms with E-state index in [1.807, 2.05) is 0 Å². The van der Waals surface area contributed by atoms with Gasteiger partial charge in [-0.15, -0.1) is 0 Å². The fraction of sp³-hybridized carbons (Fsp3) is 0.412. The van der Waals surface area contributed by atoms with Gasteiger partial charge in [0.05, 0.1) is 24.8 Å². The molecule has 3 rings (SSSR count). The molecular formula is C17H18F3N3O2. The Bertz CT molecular complexity index is 787. The molecule has 1 amide bonds. The average molecular weight is 353 g/mol. The molecule has 1 aliphatic carbocycles. The highest BCUT2D eigenvalue weighted by Crippen LogP contribution is 2.38. The van der Waals surface area contributed by atoms with Gasteiger partial charge in [0.1, 0.15) is 5.82 Å². The van der Waals surface area contributed by atoms with Gasteiger partial charge in [0.25, 0.3) is 0 Å². The molecule has 0 bridgehead atoms. The molecule has 1 saturated carbocycles. The van der Waals surface area contributed by atoms with Gasteiger partial charge in [-0.05, 0) is 30.9 Å². The molecule has 25 heavy (non-hydrogen) atoms. The third kappa shape index (κ3) is 3.68. The van der Waals surface area contributed by atoms with Crippen LogP contribution in [0.3, 0.4) is 0 Å². The van der Waals surface area contributed by atoms with Crippen LogP contribution >= 0.6 is 0 Å². The van der Waals surface area contributed by atoms with E-state index in [1.165, 1.54) is 0 Å². The first-order chi connectivity index (χ1) is 11.8. The number of rotatable bonds is 5. The van der Waals surface area contributed by atoms with Crippen molar-refractivity contribution in [2.24, 2.45) is 13.0 Å². The minimum Gasteiger partial charge on any atom is -0.393 e. The minimum absolute atomic E-state index is 0.00496. The van der Waals surface area contributed by atoms with Gasteiger partial charge in [-0.3, -0.25) is 9.48 Å². The van der Waals surface area contributed by atoms with Gasteiger partial charge in [0.15, 0.2) is 11.6 Å². The standard InChI is InChI=1S/C17H18F3N3O2/c1-23-8-10(7-21-23)17(9-4-11(24)5-9)22-15(25)6-12-13(18)2-3-14(19)16(12)20/h2-3,7-9,11,17,24H,4-6H2,1H3,(H,22,25)/t9?,11?,17-/m1/s1. The van der Waals surface area contributed by atoms with Crippen molar-refractivity contribution in [2.45, 2.75) is 31.4 Å². The van der Waals surface area contributed by atoms with E-state index < -0.39 is 47.5 Å². The Morgan fingerprint density at radius 3 is 2.64 bits per heavy atom. The van der Waals surface area contributed by atoms with Gasteiger partial charge in [-0.1, -0.05) is 0 Å². The first-order valence-electron chi connectivity index (χ1n) is 7.93. The van der Waals surface area contributed by atoms with E-state index in [1.54, 1.807) is 24.1 Å². The number of amides is 1. The molecule has 0 saturated heterocycles. The highest BCUT2D eigenvalue weighted by atomic mass is 19.2. The van der Waals surface area contributed by atoms with Gasteiger partial charge in [0, 0.05) is 24.4 Å². The lowest BCUT2D eigenvalue weighted by molar-refractivity contribution is -0.122. The van der Waals surface area contributed by atoms with Crippen LogP contribution < -0.4 is 5.32 Å². The Balaban J connectivity index is 1.76. The zero-order valence-corrected chi connectivity index (χ0v) is 13.5. The lowest BCUT2D eigenvalue weighted by Crippen LogP contribution is -2.41. The lowest BCUT2D eigenvalue weighted by atomic mass is 9.75. The number of halogens is 3. The van der Waals surface area contributed by atoms with Crippen LogP contribution in [0, 0.1) is 23.4 Å². The van der Waals surface area contributed by atoms with Crippen LogP contribution in [0.15, 0.2) is 24.5 Å². The molecule has 0 aliphatic heterocycles. The molecule has 0 spiro atoms. The van der Waals surface area contributed by atoms with Crippen molar-refractivity contribution in [3.8, 4) is 0 Å². The van der Waals surface area contributed by atoms with Crippen molar-refractivity contribution in [3.05, 3.63) is 53.1 Å². The number of nitrogens with zero attached hydrogens (tertiary/aromatic N) is 2. The maximum absolute atomic E-state index is 13.7. The van der Waals surface area contributed by atoms with Crippen molar-refractivity contribution in [1.82, 2.24) is 15.1 Å². The predicted molar refractivity (Wildman–Crippen MR) is 82.8 cm³/mol. The summed E-state index contributed by atoms with van der Waals surface area (Å²) < 4.78 is 42.3. The summed E-state index contributed by atoms with van der Waals surface area (Å²) in [5.41, 5.74) is 0.143. The summed E-state index contributed by atoms with van der Waals surface area (Å²) >= 11 is 0. The second-order valence-corrected chi connectivity index (χ2v) is 6.38. The fourth-order valence-electron chi connectivity index (χ4n) is 3.09. The van der Waals surface area contributed by atoms with E-state index in [9.17, 15) is 23.1 Å². The summed E-state index contributed by atoms with van der Waals surface area (Å²) in [4.78, 5) is 12.3. The number of hydrogen-bond acceptors (Lipinski definition) is 3. The Kier molecular flexibility index (Phi) is 4.80. The van der Waals surface area contributed by atoms with Crippen molar-refractivity contribution < 1.29 is 23.1 Å². The predicted octanol–water partition coefficient (Wildman–Crippen LogP) is 2.01. The molecule has 0 unspecified atom stereocenters. The van der Waals surface area contributed by atoms with Crippen LogP contribution in [0.1, 0.15) is 30.0 Å². The monoisotopic (exact) mass is 353 g/mol. The van der Waals surface area contributed by atoms with Gasteiger partial charge in [-0.25, -0.2) is 13.2 Å². The van der Waals surface area contributed by atoms with Crippen LogP contribution in [0.4, 0.5) is 13.2 Å². The Morgan fingerprint density at radius 2 is 2.04 bits per heavy atom. The van der Waals surface area contributed by atoms with Gasteiger partial charge < -0.3 is 10.4 Å². The summed E-state index contributed by atoms with van der Waals surface area (Å²) in [7, 11) is 1.73. The van der Waals surface area contributed by atoms with Gasteiger partial charge >= 0.3 is 0 Å². The van der Waals surface area contributed by atoms with E-state index in [4.69, 9.17) is 0 Å². The van der Waals surface area contributed by atoms with E-state index in [-0.39, 0.29) is 5.92 Å². The highest BCUT2D eigenvalue weighted by molar-refractivity contribution is 5.79. The topological polar surface area (TPSA) is 67.2 Å². The number of nitrogens with one attached hydrogen (secondary N) is 1. The quantitative estimate of drug-likeness (QED) is 0.808. The highest BCUT2D eigenvalue weighted by Gasteiger charge is 2.36. The molecule has 1 heterocycles. The minimum atomic E-state index is -1.35. The zero-order chi connectivity index (χ0) is 18.1. The van der Waals surface area contributed by atoms with E-state index >= 15 is 0 Å². The van der Waals surface area contributed by atoms with Crippen molar-refractivity contribution in [1.29, 1.82) is 0 Å². The third-order valence-electron chi connectivity index (χ3n) is 4.50. The Labute approximate surface area is 142 Å². The van der Waals surface area contributed by atoms with Crippen LogP contribution in [-0.4, -0.2) is 26.9 Å². The number of carbonyl (C=O) groups is 1. The molecule has 2 aromatic rings. The van der Waals surface area contributed by atoms with Crippen LogP contribution in [-0.2, 0) is 18.3 Å². The first kappa shape index (κ1) is 17.5. The SMILES string of the molecule is Cn1cc([C@H](NC(=O)Cc2c(F)ccc(F)c2F)C2CC(O)C2)cn1. The van der Waals surface area contributed by atoms with Crippen LogP contribution in [0.2, 0.25) is 0 Å². The van der Waals surface area contributed by atoms with Crippen LogP contribution in [0.25, 0.3) is 0 Å². The summed E-state index contributed by atoms with van der Waals surface area (Å²) in [6.07, 6.45) is 3.34. The molecule has 2 N–H and O–H groups in total. The Morgan fingerprint density at radius 1 is 1.36 bits per heavy atom. The molecule has 1 aliphatic rings. The normalized spacial score (nSPS) is 20.8. The molecule has 1 fully saturated rings. The lowest BCUT2D eigenvalue weighted by Gasteiger charge is -2.37. The van der Waals surface area contributed by atoms with Gasteiger partial charge in [0.2, 0.25) is 5.91 Å². The number of aliphatic hydroxyl groups is 1. The maximum Gasteiger partial charge on any atom is 0.225 e. The van der Waals surface area contributed by atoms with Crippen LogP contribution in [0.5, 0.6) is 0 Å². The number of aryl methyl sites for hydroxylation is 1. The summed E-state index contributed by atoms with van der Waals surface area (Å²) in [5.74, 6) is -4.14. The van der Waals surface area contributed by atoms with Crippen molar-refractivity contribution in [2.75, 3.05) is 0 Å². The van der Waals surface area contributed by atoms with Gasteiger partial charge in [-0.2, -0.15) is 5.10 Å². The zero-order valence-electron chi connectivity index (χ0n) is 13.5. The smallest absolute Gasteiger partial charge is 0.225 e. The maximum atomic E-state index is 13.7. The number of carbonyl (C=O) groups excluding carboxylic acids is 1. The largest absolute Gasteiger partial charge is 0.393 e. The molecule has 0 radical (unpaired) electrons. The second-order valence-electron chi connectivity index (χ2n) is 6.38. The van der Waals surface area contributed by atoms with Crippen molar-refractivity contribution >= 4 is 5.91 Å². The van der Waals surface area contributed by atoms with E-state index in [2.05, 4.69) is 10.4 Å². The number of benzene rings is 1. The third-order valence-corrected chi connectivity index (χ3v) is 4.50.